The van der Waals surface area contributed by atoms with Gasteiger partial charge in [-0.3, -0.25) is 19.8 Å². The molecule has 11 nitrogen and oxygen atoms in total. The number of anilines is 2. The van der Waals surface area contributed by atoms with E-state index in [1.165, 1.54) is 0 Å². The monoisotopic (exact) mass is 437 g/mol. The second-order valence-electron chi connectivity index (χ2n) is 6.75. The van der Waals surface area contributed by atoms with Crippen LogP contribution >= 0.6 is 12.4 Å². The number of nitrogens with zero attached hydrogens (tertiary/aromatic N) is 2. The molecule has 1 unspecified atom stereocenters. The number of carbonyl (C=O) groups is 3. The van der Waals surface area contributed by atoms with E-state index in [1.54, 1.807) is 47.8 Å². The van der Waals surface area contributed by atoms with E-state index in [0.717, 1.165) is 0 Å². The number of halogens is 1. The Hall–Kier alpha value is -3.31. The Labute approximate surface area is 178 Å². The highest BCUT2D eigenvalue weighted by atomic mass is 35.5. The molecule has 1 fully saturated rings. The average Bonchev–Trinajstić information content (AvgIpc) is 3.34. The van der Waals surface area contributed by atoms with Gasteiger partial charge in [-0.25, -0.2) is 0 Å². The van der Waals surface area contributed by atoms with Crippen LogP contribution in [-0.2, 0) is 23.6 Å². The zero-order valence-corrected chi connectivity index (χ0v) is 17.3. The fraction of sp³-hybridized carbons (Fsp3) is 0.333. The van der Waals surface area contributed by atoms with Gasteiger partial charge in [0.2, 0.25) is 0 Å². The topological polar surface area (TPSA) is 160 Å². The number of hydrogen-bond acceptors (Lipinski definition) is 5. The van der Waals surface area contributed by atoms with Gasteiger partial charge in [0.1, 0.15) is 11.4 Å². The SMILES string of the molecule is Cl.Cn1cc(NC(=O)c2cc(NC(=O)C3CO3)cn2C)cc1C(=O)NCCC(=N)N. The zero-order valence-electron chi connectivity index (χ0n) is 16.5. The number of epoxide rings is 1. The molecule has 2 aromatic rings. The molecule has 1 saturated heterocycles. The van der Waals surface area contributed by atoms with Crippen LogP contribution in [0.1, 0.15) is 27.4 Å². The Balaban J connectivity index is 0.00000320. The molecule has 6 N–H and O–H groups in total. The van der Waals surface area contributed by atoms with Crippen LogP contribution in [0.5, 0.6) is 0 Å². The van der Waals surface area contributed by atoms with E-state index in [4.69, 9.17) is 15.9 Å². The van der Waals surface area contributed by atoms with E-state index >= 15 is 0 Å². The van der Waals surface area contributed by atoms with Gasteiger partial charge in [0.15, 0.2) is 6.10 Å². The molecule has 0 saturated carbocycles. The van der Waals surface area contributed by atoms with E-state index in [1.807, 2.05) is 0 Å². The lowest BCUT2D eigenvalue weighted by Gasteiger charge is -2.04. The summed E-state index contributed by atoms with van der Waals surface area (Å²) in [6.07, 6.45) is 3.10. The van der Waals surface area contributed by atoms with Gasteiger partial charge in [0.05, 0.1) is 23.8 Å². The summed E-state index contributed by atoms with van der Waals surface area (Å²) in [4.78, 5) is 36.6. The molecule has 2 aromatic heterocycles. The Morgan fingerprint density at radius 1 is 1.10 bits per heavy atom. The van der Waals surface area contributed by atoms with Gasteiger partial charge in [-0.15, -0.1) is 12.4 Å². The number of carbonyl (C=O) groups excluding carboxylic acids is 3. The fourth-order valence-corrected chi connectivity index (χ4v) is 2.74. The van der Waals surface area contributed by atoms with Crippen molar-refractivity contribution >= 4 is 47.3 Å². The van der Waals surface area contributed by atoms with Gasteiger partial charge in [0.25, 0.3) is 17.7 Å². The van der Waals surface area contributed by atoms with Crippen LogP contribution in [0.3, 0.4) is 0 Å². The fourth-order valence-electron chi connectivity index (χ4n) is 2.74. The van der Waals surface area contributed by atoms with Gasteiger partial charge >= 0.3 is 0 Å². The molecule has 1 aliphatic heterocycles. The first-order valence-corrected chi connectivity index (χ1v) is 8.92. The average molecular weight is 438 g/mol. The highest BCUT2D eigenvalue weighted by molar-refractivity contribution is 6.05. The van der Waals surface area contributed by atoms with E-state index < -0.39 is 6.10 Å². The number of amidine groups is 1. The molecule has 3 rings (SSSR count). The Morgan fingerprint density at radius 3 is 2.17 bits per heavy atom. The van der Waals surface area contributed by atoms with Crippen LogP contribution in [0.4, 0.5) is 11.4 Å². The number of amides is 3. The van der Waals surface area contributed by atoms with Gasteiger partial charge in [-0.05, 0) is 12.1 Å². The molecule has 0 bridgehead atoms. The minimum Gasteiger partial charge on any atom is -0.388 e. The second kappa shape index (κ2) is 9.46. The molecule has 0 radical (unpaired) electrons. The Bertz CT molecular complexity index is 977. The third-order valence-electron chi connectivity index (χ3n) is 4.31. The predicted molar refractivity (Wildman–Crippen MR) is 113 cm³/mol. The highest BCUT2D eigenvalue weighted by Crippen LogP contribution is 2.19. The van der Waals surface area contributed by atoms with Gasteiger partial charge in [0, 0.05) is 39.5 Å². The van der Waals surface area contributed by atoms with Crippen LogP contribution in [0.25, 0.3) is 0 Å². The van der Waals surface area contributed by atoms with Crippen molar-refractivity contribution < 1.29 is 19.1 Å². The van der Waals surface area contributed by atoms with E-state index in [2.05, 4.69) is 16.0 Å². The maximum absolute atomic E-state index is 12.6. The first-order valence-electron chi connectivity index (χ1n) is 8.92. The molecule has 3 heterocycles. The predicted octanol–water partition coefficient (Wildman–Crippen LogP) is 0.431. The van der Waals surface area contributed by atoms with Gasteiger partial charge < -0.3 is 35.6 Å². The van der Waals surface area contributed by atoms with Crippen molar-refractivity contribution in [3.63, 3.8) is 0 Å². The maximum Gasteiger partial charge on any atom is 0.272 e. The molecule has 1 atom stereocenters. The van der Waals surface area contributed by atoms with Crippen molar-refractivity contribution in [3.05, 3.63) is 35.9 Å². The lowest BCUT2D eigenvalue weighted by molar-refractivity contribution is -0.117. The minimum atomic E-state index is -0.420. The number of ether oxygens (including phenoxy) is 1. The molecule has 3 amide bonds. The first-order chi connectivity index (χ1) is 13.7. The quantitative estimate of drug-likeness (QED) is 0.229. The summed E-state index contributed by atoms with van der Waals surface area (Å²) in [5.41, 5.74) is 6.91. The van der Waals surface area contributed by atoms with Crippen molar-refractivity contribution in [1.82, 2.24) is 14.5 Å². The summed E-state index contributed by atoms with van der Waals surface area (Å²) < 4.78 is 8.11. The molecule has 12 heteroatoms. The maximum atomic E-state index is 12.6. The van der Waals surface area contributed by atoms with Crippen molar-refractivity contribution in [2.75, 3.05) is 23.8 Å². The third kappa shape index (κ3) is 5.61. The summed E-state index contributed by atoms with van der Waals surface area (Å²) in [6, 6.07) is 3.12. The highest BCUT2D eigenvalue weighted by Gasteiger charge is 2.31. The van der Waals surface area contributed by atoms with E-state index in [-0.39, 0.29) is 48.9 Å². The zero-order chi connectivity index (χ0) is 21.1. The van der Waals surface area contributed by atoms with Crippen LogP contribution in [0.15, 0.2) is 24.5 Å². The Kier molecular flexibility index (Phi) is 7.24. The summed E-state index contributed by atoms with van der Waals surface area (Å²) in [7, 11) is 3.38. The minimum absolute atomic E-state index is 0. The number of aryl methyl sites for hydroxylation is 2. The number of aromatic nitrogens is 2. The second-order valence-corrected chi connectivity index (χ2v) is 6.75. The molecule has 0 aliphatic carbocycles. The number of hydrogen-bond donors (Lipinski definition) is 5. The number of nitrogens with two attached hydrogens (primary N) is 1. The van der Waals surface area contributed by atoms with Crippen LogP contribution in [-0.4, -0.2) is 51.9 Å². The molecule has 162 valence electrons. The summed E-state index contributed by atoms with van der Waals surface area (Å²) in [5.74, 6) is -0.968. The lowest BCUT2D eigenvalue weighted by atomic mass is 10.3. The Morgan fingerprint density at radius 2 is 1.63 bits per heavy atom. The van der Waals surface area contributed by atoms with Crippen molar-refractivity contribution in [2.45, 2.75) is 12.5 Å². The first kappa shape index (κ1) is 23.0. The molecular weight excluding hydrogens is 414 g/mol. The molecule has 30 heavy (non-hydrogen) atoms. The summed E-state index contributed by atoms with van der Waals surface area (Å²) >= 11 is 0. The summed E-state index contributed by atoms with van der Waals surface area (Å²) in [5, 5.41) is 15.3. The molecule has 1 aliphatic rings. The van der Waals surface area contributed by atoms with Gasteiger partial charge in [-0.1, -0.05) is 0 Å². The normalized spacial score (nSPS) is 14.4. The number of rotatable bonds is 8. The summed E-state index contributed by atoms with van der Waals surface area (Å²) in [6.45, 7) is 0.662. The largest absolute Gasteiger partial charge is 0.388 e. The van der Waals surface area contributed by atoms with Crippen molar-refractivity contribution in [2.24, 2.45) is 19.8 Å². The van der Waals surface area contributed by atoms with Crippen LogP contribution in [0.2, 0.25) is 0 Å². The van der Waals surface area contributed by atoms with Crippen LogP contribution < -0.4 is 21.7 Å². The standard InChI is InChI=1S/C18H23N7O4.ClH/c1-24-7-10(5-12(24)16(26)21-4-3-15(19)20)22-17(27)13-6-11(8-25(13)2)23-18(28)14-9-29-14;/h5-8,14H,3-4,9H2,1-2H3,(H3,19,20)(H,21,26)(H,22,27)(H,23,28);1H. The van der Waals surface area contributed by atoms with Gasteiger partial charge in [-0.2, -0.15) is 0 Å². The van der Waals surface area contributed by atoms with Crippen molar-refractivity contribution in [1.29, 1.82) is 5.41 Å². The van der Waals surface area contributed by atoms with Crippen LogP contribution in [0, 0.1) is 5.41 Å². The molecule has 0 aromatic carbocycles. The van der Waals surface area contributed by atoms with E-state index in [9.17, 15) is 14.4 Å². The van der Waals surface area contributed by atoms with Crippen molar-refractivity contribution in [3.8, 4) is 0 Å². The smallest absolute Gasteiger partial charge is 0.272 e. The van der Waals surface area contributed by atoms with E-state index in [0.29, 0.717) is 29.4 Å². The lowest BCUT2D eigenvalue weighted by Crippen LogP contribution is -2.28. The number of nitrogens with one attached hydrogen (secondary N) is 4. The molecule has 0 spiro atoms. The molecular formula is C18H24ClN7O4. The third-order valence-corrected chi connectivity index (χ3v) is 4.31.